The summed E-state index contributed by atoms with van der Waals surface area (Å²) in [6.07, 6.45) is 31.7. The third-order valence-electron chi connectivity index (χ3n) is 17.9. The molecule has 2 fully saturated rings. The van der Waals surface area contributed by atoms with Crippen LogP contribution in [0.5, 0.6) is 0 Å². The van der Waals surface area contributed by atoms with Gasteiger partial charge in [-0.25, -0.2) is 9.36 Å². The Hall–Kier alpha value is -1.43. The molecule has 0 spiro atoms. The van der Waals surface area contributed by atoms with Crippen molar-refractivity contribution in [1.82, 2.24) is 5.32 Å². The van der Waals surface area contributed by atoms with Gasteiger partial charge in [0.15, 0.2) is 12.6 Å². The number of carbonyl (C=O) groups excluding carboxylic acids is 1. The van der Waals surface area contributed by atoms with Gasteiger partial charge in [-0.05, 0) is 44.9 Å². The van der Waals surface area contributed by atoms with Gasteiger partial charge in [0.1, 0.15) is 55.4 Å². The van der Waals surface area contributed by atoms with Crippen molar-refractivity contribution in [2.75, 3.05) is 46.2 Å². The molecule has 2 saturated heterocycles. The van der Waals surface area contributed by atoms with E-state index in [1.165, 1.54) is 161 Å². The zero-order valence-corrected chi connectivity index (χ0v) is 58.7. The number of ether oxygens (including phenoxy) is 8. The minimum Gasteiger partial charge on any atom is -0.480 e. The van der Waals surface area contributed by atoms with Crippen molar-refractivity contribution in [1.29, 1.82) is 0 Å². The van der Waals surface area contributed by atoms with E-state index in [0.29, 0.717) is 25.9 Å². The van der Waals surface area contributed by atoms with E-state index in [0.717, 1.165) is 89.9 Å². The number of carbonyl (C=O) groups is 2. The summed E-state index contributed by atoms with van der Waals surface area (Å²) in [5.41, 5.74) is 0. The fourth-order valence-corrected chi connectivity index (χ4v) is 13.0. The Labute approximate surface area is 551 Å². The van der Waals surface area contributed by atoms with Crippen LogP contribution in [0.4, 0.5) is 0 Å². The lowest BCUT2D eigenvalue weighted by atomic mass is 9.96. The minimum atomic E-state index is -5.27. The van der Waals surface area contributed by atoms with Crippen molar-refractivity contribution < 1.29 is 91.9 Å². The van der Waals surface area contributed by atoms with E-state index in [1.54, 1.807) is 0 Å². The van der Waals surface area contributed by atoms with E-state index in [1.807, 2.05) is 0 Å². The number of hydrogen-bond donors (Lipinski definition) is 8. The van der Waals surface area contributed by atoms with Crippen molar-refractivity contribution in [3.05, 3.63) is 0 Å². The zero-order chi connectivity index (χ0) is 66.6. The van der Waals surface area contributed by atoms with Gasteiger partial charge in [-0.1, -0.05) is 259 Å². The largest absolute Gasteiger partial charge is 0.480 e. The maximum absolute atomic E-state index is 13.1. The van der Waals surface area contributed by atoms with Crippen molar-refractivity contribution in [3.63, 3.8) is 0 Å². The fourth-order valence-electron chi connectivity index (χ4n) is 12.5. The molecule has 2 rings (SSSR count). The highest BCUT2D eigenvalue weighted by atomic mass is 31.2. The van der Waals surface area contributed by atoms with Crippen molar-refractivity contribution in [3.8, 4) is 0 Å². The number of aliphatic hydroxyl groups is 4. The molecule has 0 saturated carbocycles. The van der Waals surface area contributed by atoms with E-state index in [-0.39, 0.29) is 38.8 Å². The van der Waals surface area contributed by atoms with Crippen LogP contribution in [0.2, 0.25) is 0 Å². The van der Waals surface area contributed by atoms with Crippen LogP contribution in [0.3, 0.4) is 0 Å². The molecule has 1 amide bonds. The third-order valence-corrected chi connectivity index (χ3v) is 18.4. The number of nitrogens with one attached hydrogen (secondary N) is 1. The Bertz CT molecular complexity index is 1740. The van der Waals surface area contributed by atoms with Gasteiger partial charge in [-0.2, -0.15) is 0 Å². The van der Waals surface area contributed by atoms with Crippen LogP contribution in [0, 0.1) is 0 Å². The van der Waals surface area contributed by atoms with E-state index in [9.17, 15) is 49.5 Å². The number of rotatable bonds is 64. The number of hydrogen-bond acceptors (Lipinski definition) is 16. The second kappa shape index (κ2) is 56.6. The Balaban J connectivity index is 2.35. The zero-order valence-electron chi connectivity index (χ0n) is 57.8. The van der Waals surface area contributed by atoms with Crippen LogP contribution in [0.25, 0.3) is 0 Å². The van der Waals surface area contributed by atoms with E-state index in [2.05, 4.69) is 33.0 Å². The van der Waals surface area contributed by atoms with Crippen LogP contribution in [-0.2, 0) is 56.6 Å². The van der Waals surface area contributed by atoms with Gasteiger partial charge in [0, 0.05) is 33.4 Å². The number of carboxylic acids is 1. The predicted octanol–water partition coefficient (Wildman–Crippen LogP) is 14.0. The molecule has 0 bridgehead atoms. The van der Waals surface area contributed by atoms with Crippen molar-refractivity contribution in [2.24, 2.45) is 0 Å². The molecule has 0 aliphatic carbocycles. The summed E-state index contributed by atoms with van der Waals surface area (Å²) in [5.74, 6) is -1.87. The lowest BCUT2D eigenvalue weighted by Crippen LogP contribution is -2.66. The highest BCUT2D eigenvalue weighted by Crippen LogP contribution is 2.42. The molecule has 21 heteroatoms. The van der Waals surface area contributed by atoms with E-state index >= 15 is 0 Å². The highest BCUT2D eigenvalue weighted by Gasteiger charge is 2.52. The summed E-state index contributed by atoms with van der Waals surface area (Å²) in [4.78, 5) is 45.5. The first-order valence-electron chi connectivity index (χ1n) is 37.0. The second-order valence-corrected chi connectivity index (χ2v) is 27.5. The summed E-state index contributed by atoms with van der Waals surface area (Å²) < 4.78 is 68.4. The monoisotopic (exact) mass is 1330 g/mol. The number of phosphoric acid groups is 1. The summed E-state index contributed by atoms with van der Waals surface area (Å²) in [6, 6.07) is -1.31. The molecule has 91 heavy (non-hydrogen) atoms. The smallest absolute Gasteiger partial charge is 0.470 e. The normalized spacial score (nSPS) is 23.2. The highest BCUT2D eigenvalue weighted by molar-refractivity contribution is 7.46. The molecule has 0 aromatic carbocycles. The molecule has 0 unspecified atom stereocenters. The predicted molar refractivity (Wildman–Crippen MR) is 357 cm³/mol. The molecule has 2 aliphatic rings. The lowest BCUT2D eigenvalue weighted by molar-refractivity contribution is -0.330. The first-order valence-corrected chi connectivity index (χ1v) is 38.5. The number of amides is 1. The summed E-state index contributed by atoms with van der Waals surface area (Å²) in [7, 11) is -5.27. The first kappa shape index (κ1) is 85.7. The standard InChI is InChI=1S/C70H136NO19P/c1-6-10-14-18-22-26-30-34-38-42-49-82-59(45-41-37-33-29-25-21-17-13-9-4)48-52-83-66-63(71-56(5)73)69(88-60(53-72)65(66)90-91(79,80)81)86-54-61-64(78)67(84-50-46-57(74)43-39-35-31-27-23-19-15-11-7-2)68(70(89-61)87-55-62(76)77)85-51-47-58(75)44-40-36-32-28-24-20-16-12-8-3/h57-61,63-70,72,74-75,78H,6-55H2,1-5H3,(H,71,73)(H,76,77)(H2,79,80,81)/t57-,58-,59-,60-,61-,63-,64-,65+,66-,67+,68-,69-,70+/m1/s1. The fraction of sp³-hybridized carbons (Fsp3) is 0.971. The van der Waals surface area contributed by atoms with Crippen LogP contribution in [0.15, 0.2) is 0 Å². The average Bonchev–Trinajstić information content (AvgIpc) is 0.844. The molecule has 0 aromatic heterocycles. The Morgan fingerprint density at radius 1 is 0.462 bits per heavy atom. The molecule has 2 heterocycles. The van der Waals surface area contributed by atoms with Crippen LogP contribution in [-0.4, -0.2) is 173 Å². The SMILES string of the molecule is CCCCCCCCCCCCO[C@H](CCCCCCCCCCC)CCO[C@@H]1[C@@H](NC(C)=O)[C@H](OC[C@H]2O[C@H](OCC(=O)O)[C@H](OCC[C@H](O)CCCCCCCCCCC)[C@@H](OCC[C@H](O)CCCCCCCCCCC)[C@@H]2O)O[C@H](CO)[C@@H]1OP(=O)(O)O. The number of carboxylic acid groups (broad SMARTS) is 1. The van der Waals surface area contributed by atoms with Crippen LogP contribution >= 0.6 is 7.82 Å². The molecule has 8 N–H and O–H groups in total. The molecule has 20 nitrogen and oxygen atoms in total. The molecule has 0 aromatic rings. The van der Waals surface area contributed by atoms with Crippen molar-refractivity contribution >= 4 is 19.7 Å². The molecule has 2 aliphatic heterocycles. The van der Waals surface area contributed by atoms with Crippen molar-refractivity contribution in [2.45, 2.75) is 390 Å². The summed E-state index contributed by atoms with van der Waals surface area (Å²) in [5, 5.41) is 57.7. The van der Waals surface area contributed by atoms with E-state index < -0.39 is 113 Å². The van der Waals surface area contributed by atoms with E-state index in [4.69, 9.17) is 42.4 Å². The van der Waals surface area contributed by atoms with Gasteiger partial charge >= 0.3 is 13.8 Å². The summed E-state index contributed by atoms with van der Waals surface area (Å²) in [6.45, 7) is 8.57. The van der Waals surface area contributed by atoms with Gasteiger partial charge < -0.3 is 78.5 Å². The van der Waals surface area contributed by atoms with Gasteiger partial charge in [0.2, 0.25) is 5.91 Å². The second-order valence-electron chi connectivity index (χ2n) is 26.3. The third kappa shape index (κ3) is 43.5. The maximum atomic E-state index is 13.1. The Kier molecular flexibility index (Phi) is 53.3. The molecule has 13 atom stereocenters. The van der Waals surface area contributed by atoms with Crippen LogP contribution < -0.4 is 5.32 Å². The summed E-state index contributed by atoms with van der Waals surface area (Å²) >= 11 is 0. The first-order chi connectivity index (χ1) is 44.1. The Morgan fingerprint density at radius 3 is 1.29 bits per heavy atom. The molecular weight excluding hydrogens is 1190 g/mol. The topological polar surface area (TPSA) is 288 Å². The lowest BCUT2D eigenvalue weighted by Gasteiger charge is -2.47. The molecule has 540 valence electrons. The average molecular weight is 1330 g/mol. The molecule has 0 radical (unpaired) electrons. The number of aliphatic carboxylic acids is 1. The van der Waals surface area contributed by atoms with Crippen LogP contribution in [0.1, 0.15) is 311 Å². The van der Waals surface area contributed by atoms with Gasteiger partial charge in [-0.3, -0.25) is 9.32 Å². The number of phosphoric ester groups is 1. The van der Waals surface area contributed by atoms with Gasteiger partial charge in [0.05, 0.1) is 31.5 Å². The van der Waals surface area contributed by atoms with Gasteiger partial charge in [-0.15, -0.1) is 0 Å². The minimum absolute atomic E-state index is 0.00386. The maximum Gasteiger partial charge on any atom is 0.470 e. The Morgan fingerprint density at radius 2 is 0.857 bits per heavy atom. The number of unbranched alkanes of at least 4 members (excludes halogenated alkanes) is 33. The van der Waals surface area contributed by atoms with Gasteiger partial charge in [0.25, 0.3) is 0 Å². The quantitative estimate of drug-likeness (QED) is 0.0207. The molecular formula is C70H136NO19P. The number of aliphatic hydroxyl groups excluding tert-OH is 4.